The Balaban J connectivity index is 2.15. The Hall–Kier alpha value is -1.28. The van der Waals surface area contributed by atoms with E-state index in [1.54, 1.807) is 0 Å². The Kier molecular flexibility index (Phi) is 2.48. The van der Waals surface area contributed by atoms with Gasteiger partial charge in [0.1, 0.15) is 11.5 Å². The average Bonchev–Trinajstić information content (AvgIpc) is 3.05. The van der Waals surface area contributed by atoms with Crippen LogP contribution in [-0.2, 0) is 0 Å². The number of rotatable bonds is 2. The molecule has 0 saturated heterocycles. The normalized spacial score (nSPS) is 15.2. The Morgan fingerprint density at radius 2 is 2.06 bits per heavy atom. The van der Waals surface area contributed by atoms with Crippen LogP contribution in [0.1, 0.15) is 35.6 Å². The predicted molar refractivity (Wildman–Crippen MR) is 68.4 cm³/mol. The van der Waals surface area contributed by atoms with E-state index >= 15 is 0 Å². The highest BCUT2D eigenvalue weighted by Gasteiger charge is 2.31. The quantitative estimate of drug-likeness (QED) is 0.782. The Labute approximate surface area is 106 Å². The number of nitrogens with zero attached hydrogens (tertiary/aromatic N) is 1. The minimum Gasteiger partial charge on any atom is -0.360 e. The summed E-state index contributed by atoms with van der Waals surface area (Å²) in [6.07, 6.45) is 2.44. The highest BCUT2D eigenvalue weighted by Crippen LogP contribution is 2.44. The van der Waals surface area contributed by atoms with Crippen molar-refractivity contribution in [3.63, 3.8) is 0 Å². The molecule has 1 aliphatic carbocycles. The number of hydrogen-bond donors (Lipinski definition) is 0. The molecule has 88 valence electrons. The lowest BCUT2D eigenvalue weighted by Crippen LogP contribution is -1.88. The van der Waals surface area contributed by atoms with Crippen LogP contribution in [0, 0.1) is 13.8 Å². The van der Waals surface area contributed by atoms with Gasteiger partial charge >= 0.3 is 0 Å². The van der Waals surface area contributed by atoms with Crippen molar-refractivity contribution in [2.24, 2.45) is 0 Å². The van der Waals surface area contributed by atoms with Gasteiger partial charge in [0, 0.05) is 17.0 Å². The minimum atomic E-state index is 0.582. The third-order valence-electron chi connectivity index (χ3n) is 3.37. The van der Waals surface area contributed by atoms with Crippen molar-refractivity contribution in [1.29, 1.82) is 0 Å². The third-order valence-corrected chi connectivity index (χ3v) is 3.68. The number of aromatic nitrogens is 1. The molecule has 0 atom stereocenters. The summed E-state index contributed by atoms with van der Waals surface area (Å²) < 4.78 is 5.48. The van der Waals surface area contributed by atoms with E-state index in [2.05, 4.69) is 12.1 Å². The van der Waals surface area contributed by atoms with Crippen LogP contribution in [0.15, 0.2) is 22.7 Å². The molecule has 0 aliphatic heterocycles. The molecular formula is C14H14ClNO. The summed E-state index contributed by atoms with van der Waals surface area (Å²) in [5.41, 5.74) is 4.18. The molecular weight excluding hydrogens is 234 g/mol. The van der Waals surface area contributed by atoms with Crippen molar-refractivity contribution < 1.29 is 4.52 Å². The van der Waals surface area contributed by atoms with Crippen LogP contribution in [0.4, 0.5) is 0 Å². The van der Waals surface area contributed by atoms with E-state index in [4.69, 9.17) is 16.1 Å². The monoisotopic (exact) mass is 247 g/mol. The van der Waals surface area contributed by atoms with E-state index < -0.39 is 0 Å². The molecule has 0 bridgehead atoms. The van der Waals surface area contributed by atoms with Gasteiger partial charge in [-0.1, -0.05) is 28.9 Å². The van der Waals surface area contributed by atoms with Crippen LogP contribution in [0.5, 0.6) is 0 Å². The molecule has 1 fully saturated rings. The van der Waals surface area contributed by atoms with Gasteiger partial charge in [0.25, 0.3) is 0 Å². The molecule has 0 N–H and O–H groups in total. The van der Waals surface area contributed by atoms with Crippen LogP contribution in [0.3, 0.4) is 0 Å². The molecule has 2 aromatic rings. The van der Waals surface area contributed by atoms with Crippen molar-refractivity contribution in [3.8, 4) is 11.3 Å². The summed E-state index contributed by atoms with van der Waals surface area (Å²) >= 11 is 6.26. The average molecular weight is 248 g/mol. The summed E-state index contributed by atoms with van der Waals surface area (Å²) in [5, 5.41) is 4.95. The number of benzene rings is 1. The summed E-state index contributed by atoms with van der Waals surface area (Å²) in [6, 6.07) is 5.90. The van der Waals surface area contributed by atoms with Crippen LogP contribution in [-0.4, -0.2) is 5.16 Å². The van der Waals surface area contributed by atoms with Gasteiger partial charge in [-0.25, -0.2) is 0 Å². The lowest BCUT2D eigenvalue weighted by atomic mass is 10.0. The van der Waals surface area contributed by atoms with Crippen LogP contribution >= 0.6 is 11.6 Å². The standard InChI is InChI=1S/C14H14ClNO/c1-8-4-3-5-11(15)12(8)13-9(2)14(17-16-13)10-6-7-10/h3-5,10H,6-7H2,1-2H3. The highest BCUT2D eigenvalue weighted by molar-refractivity contribution is 6.33. The Morgan fingerprint density at radius 3 is 2.71 bits per heavy atom. The predicted octanol–water partition coefficient (Wildman–Crippen LogP) is 4.49. The Bertz CT molecular complexity index is 549. The molecule has 0 amide bonds. The smallest absolute Gasteiger partial charge is 0.143 e. The molecule has 0 unspecified atom stereocenters. The maximum atomic E-state index is 6.26. The van der Waals surface area contributed by atoms with Crippen molar-refractivity contribution in [2.45, 2.75) is 32.6 Å². The third kappa shape index (κ3) is 1.77. The first-order valence-corrected chi connectivity index (χ1v) is 6.28. The van der Waals surface area contributed by atoms with Crippen molar-refractivity contribution in [3.05, 3.63) is 40.1 Å². The minimum absolute atomic E-state index is 0.582. The van der Waals surface area contributed by atoms with Gasteiger partial charge in [-0.2, -0.15) is 0 Å². The van der Waals surface area contributed by atoms with Crippen LogP contribution in [0.2, 0.25) is 5.02 Å². The van der Waals surface area contributed by atoms with Gasteiger partial charge in [0.05, 0.1) is 5.02 Å². The summed E-state index contributed by atoms with van der Waals surface area (Å²) in [7, 11) is 0. The second kappa shape index (κ2) is 3.88. The molecule has 1 heterocycles. The largest absolute Gasteiger partial charge is 0.360 e. The maximum Gasteiger partial charge on any atom is 0.143 e. The van der Waals surface area contributed by atoms with Gasteiger partial charge < -0.3 is 4.52 Å². The molecule has 1 saturated carbocycles. The lowest BCUT2D eigenvalue weighted by molar-refractivity contribution is 0.385. The Morgan fingerprint density at radius 1 is 1.29 bits per heavy atom. The SMILES string of the molecule is Cc1cccc(Cl)c1-c1noc(C2CC2)c1C. The van der Waals surface area contributed by atoms with Crippen molar-refractivity contribution >= 4 is 11.6 Å². The first-order valence-electron chi connectivity index (χ1n) is 5.90. The zero-order valence-electron chi connectivity index (χ0n) is 9.96. The second-order valence-corrected chi connectivity index (χ2v) is 5.13. The fourth-order valence-electron chi connectivity index (χ4n) is 2.24. The van der Waals surface area contributed by atoms with E-state index in [9.17, 15) is 0 Å². The summed E-state index contributed by atoms with van der Waals surface area (Å²) in [5.74, 6) is 1.62. The van der Waals surface area contributed by atoms with E-state index in [0.717, 1.165) is 33.2 Å². The molecule has 17 heavy (non-hydrogen) atoms. The van der Waals surface area contributed by atoms with E-state index in [1.165, 1.54) is 12.8 Å². The second-order valence-electron chi connectivity index (χ2n) is 4.73. The molecule has 1 aromatic carbocycles. The number of aryl methyl sites for hydroxylation is 1. The van der Waals surface area contributed by atoms with Gasteiger partial charge in [0.2, 0.25) is 0 Å². The molecule has 0 spiro atoms. The molecule has 3 heteroatoms. The van der Waals surface area contributed by atoms with Crippen molar-refractivity contribution in [1.82, 2.24) is 5.16 Å². The van der Waals surface area contributed by atoms with Crippen LogP contribution < -0.4 is 0 Å². The molecule has 1 aliphatic rings. The first kappa shape index (κ1) is 10.8. The lowest BCUT2D eigenvalue weighted by Gasteiger charge is -2.05. The molecule has 0 radical (unpaired) electrons. The van der Waals surface area contributed by atoms with Gasteiger partial charge in [0.15, 0.2) is 0 Å². The topological polar surface area (TPSA) is 26.0 Å². The van der Waals surface area contributed by atoms with E-state index in [0.29, 0.717) is 5.92 Å². The van der Waals surface area contributed by atoms with Gasteiger partial charge in [-0.05, 0) is 38.3 Å². The highest BCUT2D eigenvalue weighted by atomic mass is 35.5. The molecule has 3 rings (SSSR count). The fourth-order valence-corrected chi connectivity index (χ4v) is 2.55. The van der Waals surface area contributed by atoms with E-state index in [-0.39, 0.29) is 0 Å². The zero-order chi connectivity index (χ0) is 12.0. The van der Waals surface area contributed by atoms with E-state index in [1.807, 2.05) is 25.1 Å². The zero-order valence-corrected chi connectivity index (χ0v) is 10.7. The summed E-state index contributed by atoms with van der Waals surface area (Å²) in [6.45, 7) is 4.12. The fraction of sp³-hybridized carbons (Fsp3) is 0.357. The van der Waals surface area contributed by atoms with Gasteiger partial charge in [-0.3, -0.25) is 0 Å². The first-order chi connectivity index (χ1) is 8.18. The number of halogens is 1. The molecule has 1 aromatic heterocycles. The molecule has 2 nitrogen and oxygen atoms in total. The number of hydrogen-bond acceptors (Lipinski definition) is 2. The van der Waals surface area contributed by atoms with Crippen molar-refractivity contribution in [2.75, 3.05) is 0 Å². The maximum absolute atomic E-state index is 6.26. The van der Waals surface area contributed by atoms with Gasteiger partial charge in [-0.15, -0.1) is 0 Å². The van der Waals surface area contributed by atoms with Crippen LogP contribution in [0.25, 0.3) is 11.3 Å². The summed E-state index contributed by atoms with van der Waals surface area (Å²) in [4.78, 5) is 0.